The van der Waals surface area contributed by atoms with Crippen molar-refractivity contribution in [1.82, 2.24) is 9.97 Å². The predicted molar refractivity (Wildman–Crippen MR) is 82.6 cm³/mol. The van der Waals surface area contributed by atoms with Crippen molar-refractivity contribution in [2.75, 3.05) is 36.0 Å². The highest BCUT2D eigenvalue weighted by atomic mass is 19.4. The molecule has 0 spiro atoms. The second kappa shape index (κ2) is 6.06. The molecule has 2 aromatic rings. The van der Waals surface area contributed by atoms with Gasteiger partial charge < -0.3 is 9.80 Å². The summed E-state index contributed by atoms with van der Waals surface area (Å²) in [5, 5.41) is 0. The molecule has 122 valence electrons. The molecular formula is C16H17F3N4. The maximum atomic E-state index is 12.8. The molecule has 1 aromatic carbocycles. The molecule has 1 fully saturated rings. The second-order valence-electron chi connectivity index (χ2n) is 5.54. The summed E-state index contributed by atoms with van der Waals surface area (Å²) in [6.45, 7) is 4.65. The lowest BCUT2D eigenvalue weighted by molar-refractivity contribution is -0.137. The van der Waals surface area contributed by atoms with Crippen molar-refractivity contribution in [2.24, 2.45) is 0 Å². The van der Waals surface area contributed by atoms with Gasteiger partial charge in [-0.3, -0.25) is 0 Å². The monoisotopic (exact) mass is 322 g/mol. The molecule has 0 saturated carbocycles. The van der Waals surface area contributed by atoms with Crippen LogP contribution in [0.1, 0.15) is 11.3 Å². The van der Waals surface area contributed by atoms with Crippen LogP contribution in [0.5, 0.6) is 0 Å². The highest BCUT2D eigenvalue weighted by Crippen LogP contribution is 2.32. The van der Waals surface area contributed by atoms with E-state index in [1.54, 1.807) is 6.07 Å². The molecule has 0 radical (unpaired) electrons. The van der Waals surface area contributed by atoms with E-state index in [4.69, 9.17) is 0 Å². The average Bonchev–Trinajstić information content (AvgIpc) is 2.54. The Morgan fingerprint density at radius 2 is 1.65 bits per heavy atom. The smallest absolute Gasteiger partial charge is 0.368 e. The fraction of sp³-hybridized carbons (Fsp3) is 0.375. The Morgan fingerprint density at radius 3 is 2.30 bits per heavy atom. The van der Waals surface area contributed by atoms with E-state index in [1.807, 2.05) is 17.9 Å². The standard InChI is InChI=1S/C16H17F3N4/c1-12-9-15(21-11-20-12)23-7-5-22(6-8-23)14-4-2-3-13(10-14)16(17,18)19/h2-4,9-11H,5-8H2,1H3. The van der Waals surface area contributed by atoms with E-state index in [1.165, 1.54) is 18.5 Å². The van der Waals surface area contributed by atoms with Crippen molar-refractivity contribution in [2.45, 2.75) is 13.1 Å². The second-order valence-corrected chi connectivity index (χ2v) is 5.54. The molecule has 23 heavy (non-hydrogen) atoms. The van der Waals surface area contributed by atoms with Crippen LogP contribution in [0.4, 0.5) is 24.7 Å². The van der Waals surface area contributed by atoms with Gasteiger partial charge in [0.05, 0.1) is 5.56 Å². The molecule has 0 amide bonds. The van der Waals surface area contributed by atoms with Crippen molar-refractivity contribution in [3.05, 3.63) is 47.9 Å². The number of hydrogen-bond donors (Lipinski definition) is 0. The van der Waals surface area contributed by atoms with Crippen LogP contribution in [-0.4, -0.2) is 36.1 Å². The minimum Gasteiger partial charge on any atom is -0.368 e. The molecule has 1 aliphatic rings. The molecule has 4 nitrogen and oxygen atoms in total. The van der Waals surface area contributed by atoms with Crippen LogP contribution in [0.2, 0.25) is 0 Å². The van der Waals surface area contributed by atoms with Gasteiger partial charge in [0.15, 0.2) is 0 Å². The molecule has 7 heteroatoms. The molecule has 0 bridgehead atoms. The summed E-state index contributed by atoms with van der Waals surface area (Å²) >= 11 is 0. The highest BCUT2D eigenvalue weighted by Gasteiger charge is 2.31. The number of aromatic nitrogens is 2. The van der Waals surface area contributed by atoms with Crippen LogP contribution < -0.4 is 9.80 Å². The molecule has 0 N–H and O–H groups in total. The Balaban J connectivity index is 1.70. The van der Waals surface area contributed by atoms with Crippen LogP contribution in [0, 0.1) is 6.92 Å². The van der Waals surface area contributed by atoms with Crippen LogP contribution in [0.15, 0.2) is 36.7 Å². The third-order valence-corrected chi connectivity index (χ3v) is 3.93. The van der Waals surface area contributed by atoms with Crippen molar-refractivity contribution in [3.8, 4) is 0 Å². The Labute approximate surface area is 132 Å². The van der Waals surface area contributed by atoms with E-state index < -0.39 is 11.7 Å². The van der Waals surface area contributed by atoms with Crippen LogP contribution >= 0.6 is 0 Å². The summed E-state index contributed by atoms with van der Waals surface area (Å²) in [6, 6.07) is 7.41. The van der Waals surface area contributed by atoms with Gasteiger partial charge in [-0.15, -0.1) is 0 Å². The number of rotatable bonds is 2. The number of aryl methyl sites for hydroxylation is 1. The summed E-state index contributed by atoms with van der Waals surface area (Å²) < 4.78 is 38.4. The van der Waals surface area contributed by atoms with E-state index in [2.05, 4.69) is 14.9 Å². The van der Waals surface area contributed by atoms with E-state index in [0.29, 0.717) is 31.9 Å². The zero-order chi connectivity index (χ0) is 16.4. The van der Waals surface area contributed by atoms with Gasteiger partial charge in [0.2, 0.25) is 0 Å². The van der Waals surface area contributed by atoms with Gasteiger partial charge in [-0.05, 0) is 25.1 Å². The maximum Gasteiger partial charge on any atom is 0.416 e. The first-order chi connectivity index (χ1) is 10.9. The SMILES string of the molecule is Cc1cc(N2CCN(c3cccc(C(F)(F)F)c3)CC2)ncn1. The fourth-order valence-electron chi connectivity index (χ4n) is 2.69. The largest absolute Gasteiger partial charge is 0.416 e. The van der Waals surface area contributed by atoms with E-state index in [-0.39, 0.29) is 0 Å². The number of alkyl halides is 3. The van der Waals surface area contributed by atoms with Crippen LogP contribution in [0.3, 0.4) is 0 Å². The lowest BCUT2D eigenvalue weighted by Crippen LogP contribution is -2.46. The van der Waals surface area contributed by atoms with Gasteiger partial charge in [0.1, 0.15) is 12.1 Å². The third-order valence-electron chi connectivity index (χ3n) is 3.93. The quantitative estimate of drug-likeness (QED) is 0.850. The van der Waals surface area contributed by atoms with Crippen LogP contribution in [0.25, 0.3) is 0 Å². The lowest BCUT2D eigenvalue weighted by Gasteiger charge is -2.37. The number of anilines is 2. The summed E-state index contributed by atoms with van der Waals surface area (Å²) in [5.74, 6) is 0.862. The zero-order valence-corrected chi connectivity index (χ0v) is 12.7. The first-order valence-electron chi connectivity index (χ1n) is 7.39. The molecule has 0 atom stereocenters. The number of hydrogen-bond acceptors (Lipinski definition) is 4. The molecular weight excluding hydrogens is 305 g/mol. The summed E-state index contributed by atoms with van der Waals surface area (Å²) in [6.07, 6.45) is -2.78. The number of benzene rings is 1. The minimum atomic E-state index is -4.31. The highest BCUT2D eigenvalue weighted by molar-refractivity contribution is 5.51. The van der Waals surface area contributed by atoms with E-state index in [0.717, 1.165) is 17.6 Å². The molecule has 2 heterocycles. The van der Waals surface area contributed by atoms with Crippen LogP contribution in [-0.2, 0) is 6.18 Å². The van der Waals surface area contributed by atoms with Gasteiger partial charge in [-0.1, -0.05) is 6.07 Å². The van der Waals surface area contributed by atoms with Gasteiger partial charge in [0.25, 0.3) is 0 Å². The normalized spacial score (nSPS) is 15.8. The molecule has 1 aromatic heterocycles. The first-order valence-corrected chi connectivity index (χ1v) is 7.39. The van der Waals surface area contributed by atoms with Gasteiger partial charge in [0, 0.05) is 43.6 Å². The maximum absolute atomic E-state index is 12.8. The van der Waals surface area contributed by atoms with Gasteiger partial charge >= 0.3 is 6.18 Å². The number of piperazine rings is 1. The topological polar surface area (TPSA) is 32.3 Å². The lowest BCUT2D eigenvalue weighted by atomic mass is 10.1. The summed E-state index contributed by atoms with van der Waals surface area (Å²) in [4.78, 5) is 12.4. The molecule has 1 saturated heterocycles. The molecule has 3 rings (SSSR count). The molecule has 1 aliphatic heterocycles. The zero-order valence-electron chi connectivity index (χ0n) is 12.7. The van der Waals surface area contributed by atoms with E-state index in [9.17, 15) is 13.2 Å². The van der Waals surface area contributed by atoms with Crippen molar-refractivity contribution in [3.63, 3.8) is 0 Å². The Bertz CT molecular complexity index is 679. The molecule has 0 unspecified atom stereocenters. The molecule has 0 aliphatic carbocycles. The third kappa shape index (κ3) is 3.55. The minimum absolute atomic E-state index is 0.608. The van der Waals surface area contributed by atoms with E-state index >= 15 is 0 Å². The Hall–Kier alpha value is -2.31. The first kappa shape index (κ1) is 15.6. The Kier molecular flexibility index (Phi) is 4.11. The van der Waals surface area contributed by atoms with Crippen molar-refractivity contribution >= 4 is 11.5 Å². The number of nitrogens with zero attached hydrogens (tertiary/aromatic N) is 4. The van der Waals surface area contributed by atoms with Crippen molar-refractivity contribution in [1.29, 1.82) is 0 Å². The van der Waals surface area contributed by atoms with Crippen molar-refractivity contribution < 1.29 is 13.2 Å². The van der Waals surface area contributed by atoms with Gasteiger partial charge in [-0.2, -0.15) is 13.2 Å². The summed E-state index contributed by atoms with van der Waals surface area (Å²) in [5.41, 5.74) is 0.900. The number of halogens is 3. The summed E-state index contributed by atoms with van der Waals surface area (Å²) in [7, 11) is 0. The average molecular weight is 322 g/mol. The predicted octanol–water partition coefficient (Wildman–Crippen LogP) is 3.13. The van der Waals surface area contributed by atoms with Gasteiger partial charge in [-0.25, -0.2) is 9.97 Å². The Morgan fingerprint density at radius 1 is 0.957 bits per heavy atom. The fourth-order valence-corrected chi connectivity index (χ4v) is 2.69.